The van der Waals surface area contributed by atoms with Gasteiger partial charge in [0, 0.05) is 0 Å². The highest BCUT2D eigenvalue weighted by molar-refractivity contribution is 5.09. The number of hydrogen-bond donors (Lipinski definition) is 0. The van der Waals surface area contributed by atoms with E-state index in [9.17, 15) is 0 Å². The van der Waals surface area contributed by atoms with Crippen LogP contribution >= 0.6 is 0 Å². The van der Waals surface area contributed by atoms with Crippen molar-refractivity contribution in [3.05, 3.63) is 0 Å². The van der Waals surface area contributed by atoms with Crippen molar-refractivity contribution in [3.8, 4) is 0 Å². The fraction of sp³-hybridized carbons (Fsp3) is 1.00. The molecule has 0 nitrogen and oxygen atoms in total. The van der Waals surface area contributed by atoms with Crippen LogP contribution in [0.3, 0.4) is 0 Å². The van der Waals surface area contributed by atoms with Crippen molar-refractivity contribution < 1.29 is 0 Å². The van der Waals surface area contributed by atoms with E-state index < -0.39 is 0 Å². The lowest BCUT2D eigenvalue weighted by Gasteiger charge is -2.61. The van der Waals surface area contributed by atoms with Crippen LogP contribution in [0.1, 0.15) is 125 Å². The third kappa shape index (κ3) is 3.75. The lowest BCUT2D eigenvalue weighted by molar-refractivity contribution is -0.114. The van der Waals surface area contributed by atoms with Crippen LogP contribution in [0, 0.1) is 58.2 Å². The zero-order valence-corrected chi connectivity index (χ0v) is 20.8. The predicted molar refractivity (Wildman–Crippen MR) is 127 cm³/mol. The molecule has 0 aromatic rings. The fourth-order valence-electron chi connectivity index (χ4n) is 9.96. The average Bonchev–Trinajstić information content (AvgIpc) is 3.05. The maximum absolute atomic E-state index is 2.76. The van der Waals surface area contributed by atoms with Crippen molar-refractivity contribution in [3.63, 3.8) is 0 Å². The number of hydrogen-bond acceptors (Lipinski definition) is 0. The van der Waals surface area contributed by atoms with Gasteiger partial charge in [0.25, 0.3) is 0 Å². The molecule has 0 radical (unpaired) electrons. The van der Waals surface area contributed by atoms with Gasteiger partial charge in [-0.2, -0.15) is 0 Å². The van der Waals surface area contributed by atoms with Crippen LogP contribution < -0.4 is 0 Å². The summed E-state index contributed by atoms with van der Waals surface area (Å²) in [5, 5.41) is 0. The van der Waals surface area contributed by atoms with Gasteiger partial charge < -0.3 is 0 Å². The Kier molecular flexibility index (Phi) is 6.51. The summed E-state index contributed by atoms with van der Waals surface area (Å²) in [6, 6.07) is 0. The van der Waals surface area contributed by atoms with E-state index in [0.717, 1.165) is 47.3 Å². The van der Waals surface area contributed by atoms with E-state index in [2.05, 4.69) is 41.5 Å². The van der Waals surface area contributed by atoms with Crippen molar-refractivity contribution in [2.45, 2.75) is 125 Å². The molecule has 0 N–H and O–H groups in total. The van der Waals surface area contributed by atoms with Gasteiger partial charge >= 0.3 is 0 Å². The lowest BCUT2D eigenvalue weighted by atomic mass is 9.44. The molecule has 168 valence electrons. The van der Waals surface area contributed by atoms with Crippen molar-refractivity contribution in [1.29, 1.82) is 0 Å². The summed E-state index contributed by atoms with van der Waals surface area (Å²) >= 11 is 0. The summed E-state index contributed by atoms with van der Waals surface area (Å²) in [4.78, 5) is 0. The maximum Gasteiger partial charge on any atom is -0.0264 e. The Hall–Kier alpha value is 0. The van der Waals surface area contributed by atoms with Gasteiger partial charge in [-0.25, -0.2) is 0 Å². The largest absolute Gasteiger partial charge is 0.0651 e. The van der Waals surface area contributed by atoms with Crippen LogP contribution in [0.2, 0.25) is 0 Å². The van der Waals surface area contributed by atoms with Crippen molar-refractivity contribution >= 4 is 0 Å². The lowest BCUT2D eigenvalue weighted by Crippen LogP contribution is -2.53. The second kappa shape index (κ2) is 8.50. The molecule has 4 rings (SSSR count). The SMILES string of the molecule is CCC(CC[C@H](C)[C@H]1CC[C@@H]2[C@@H]3CC[C@H]4CCCC[C@]4(C)[C@H]3CC[C@@]21C)C(C)C. The summed E-state index contributed by atoms with van der Waals surface area (Å²) in [5.74, 6) is 8.02. The van der Waals surface area contributed by atoms with Gasteiger partial charge in [-0.05, 0) is 116 Å². The quantitative estimate of drug-likeness (QED) is 0.417. The topological polar surface area (TPSA) is 0 Å². The molecule has 0 amide bonds. The normalized spacial score (nSPS) is 46.7. The number of fused-ring (bicyclic) bond motifs is 5. The van der Waals surface area contributed by atoms with E-state index >= 15 is 0 Å². The highest BCUT2D eigenvalue weighted by Crippen LogP contribution is 2.68. The van der Waals surface area contributed by atoms with Crippen LogP contribution in [0.5, 0.6) is 0 Å². The van der Waals surface area contributed by atoms with E-state index in [1.165, 1.54) is 32.1 Å². The molecule has 0 aromatic heterocycles. The Morgan fingerprint density at radius 1 is 0.759 bits per heavy atom. The van der Waals surface area contributed by atoms with Gasteiger partial charge in [-0.3, -0.25) is 0 Å². The van der Waals surface area contributed by atoms with Crippen LogP contribution in [-0.2, 0) is 0 Å². The van der Waals surface area contributed by atoms with E-state index in [-0.39, 0.29) is 0 Å². The molecule has 0 spiro atoms. The van der Waals surface area contributed by atoms with E-state index in [1.807, 2.05) is 0 Å². The second-order valence-electron chi connectivity index (χ2n) is 13.1. The molecule has 4 aliphatic carbocycles. The summed E-state index contributed by atoms with van der Waals surface area (Å²) in [6.07, 6.45) is 19.8. The summed E-state index contributed by atoms with van der Waals surface area (Å²) in [5.41, 5.74) is 1.37. The molecular weight excluding hydrogens is 348 g/mol. The van der Waals surface area contributed by atoms with Gasteiger partial charge in [0.1, 0.15) is 0 Å². The van der Waals surface area contributed by atoms with Gasteiger partial charge in [-0.15, -0.1) is 0 Å². The summed E-state index contributed by atoms with van der Waals surface area (Å²) in [7, 11) is 0. The van der Waals surface area contributed by atoms with E-state index in [4.69, 9.17) is 0 Å². The average molecular weight is 401 g/mol. The molecule has 0 heteroatoms. The van der Waals surface area contributed by atoms with Crippen LogP contribution in [0.4, 0.5) is 0 Å². The molecule has 0 saturated heterocycles. The first kappa shape index (κ1) is 22.2. The van der Waals surface area contributed by atoms with Gasteiger partial charge in [-0.1, -0.05) is 67.2 Å². The Morgan fingerprint density at radius 2 is 1.52 bits per heavy atom. The van der Waals surface area contributed by atoms with Gasteiger partial charge in [0.2, 0.25) is 0 Å². The van der Waals surface area contributed by atoms with E-state index in [1.54, 1.807) is 51.4 Å². The minimum absolute atomic E-state index is 0.665. The molecule has 4 saturated carbocycles. The second-order valence-corrected chi connectivity index (χ2v) is 13.1. The first-order valence-corrected chi connectivity index (χ1v) is 13.8. The standard InChI is InChI=1S/C29H52/c1-7-22(20(2)3)12-11-21(4)25-15-16-26-24-14-13-23-10-8-9-18-28(23,5)27(24)17-19-29(25,26)6/h20-27H,7-19H2,1-6H3/t21-,22?,23+,24-,25+,26+,27-,28-,29+/m0/s1. The molecule has 4 fully saturated rings. The Morgan fingerprint density at radius 3 is 2.24 bits per heavy atom. The minimum atomic E-state index is 0.665. The third-order valence-electron chi connectivity index (χ3n) is 11.8. The molecule has 0 aromatic carbocycles. The van der Waals surface area contributed by atoms with Gasteiger partial charge in [0.15, 0.2) is 0 Å². The molecule has 0 aliphatic heterocycles. The summed E-state index contributed by atoms with van der Waals surface area (Å²) < 4.78 is 0. The monoisotopic (exact) mass is 400 g/mol. The Labute approximate surface area is 183 Å². The molecular formula is C29H52. The number of rotatable bonds is 6. The molecule has 0 heterocycles. The maximum atomic E-state index is 2.76. The third-order valence-corrected chi connectivity index (χ3v) is 11.8. The zero-order chi connectivity index (χ0) is 20.8. The molecule has 1 unspecified atom stereocenters. The zero-order valence-electron chi connectivity index (χ0n) is 20.8. The fourth-order valence-corrected chi connectivity index (χ4v) is 9.96. The molecule has 29 heavy (non-hydrogen) atoms. The minimum Gasteiger partial charge on any atom is -0.0651 e. The van der Waals surface area contributed by atoms with E-state index in [0.29, 0.717) is 10.8 Å². The Bertz CT molecular complexity index is 548. The van der Waals surface area contributed by atoms with Crippen LogP contribution in [0.25, 0.3) is 0 Å². The molecule has 0 bridgehead atoms. The highest BCUT2D eigenvalue weighted by Gasteiger charge is 2.60. The van der Waals surface area contributed by atoms with Gasteiger partial charge in [0.05, 0.1) is 0 Å². The highest BCUT2D eigenvalue weighted by atomic mass is 14.6. The predicted octanol–water partition coefficient (Wildman–Crippen LogP) is 9.13. The molecule has 4 aliphatic rings. The first-order valence-electron chi connectivity index (χ1n) is 13.8. The van der Waals surface area contributed by atoms with Crippen molar-refractivity contribution in [2.75, 3.05) is 0 Å². The van der Waals surface area contributed by atoms with Crippen LogP contribution in [0.15, 0.2) is 0 Å². The van der Waals surface area contributed by atoms with Crippen molar-refractivity contribution in [1.82, 2.24) is 0 Å². The van der Waals surface area contributed by atoms with Crippen LogP contribution in [-0.4, -0.2) is 0 Å². The first-order chi connectivity index (χ1) is 13.8. The Balaban J connectivity index is 1.45. The van der Waals surface area contributed by atoms with Crippen molar-refractivity contribution in [2.24, 2.45) is 58.2 Å². The summed E-state index contributed by atoms with van der Waals surface area (Å²) in [6.45, 7) is 15.4. The smallest absolute Gasteiger partial charge is 0.0264 e. The molecule has 9 atom stereocenters.